The molecule has 3 heteroatoms. The van der Waals surface area contributed by atoms with Gasteiger partial charge < -0.3 is 10.4 Å². The average molecular weight is 215 g/mol. The third-order valence-electron chi connectivity index (χ3n) is 2.65. The van der Waals surface area contributed by atoms with Crippen molar-refractivity contribution in [3.05, 3.63) is 0 Å². The van der Waals surface area contributed by atoms with Gasteiger partial charge >= 0.3 is 0 Å². The molecule has 0 aliphatic heterocycles. The Labute approximate surface area is 93.3 Å². The lowest BCUT2D eigenvalue weighted by atomic mass is 10.0. The van der Waals surface area contributed by atoms with Crippen LogP contribution in [0.3, 0.4) is 0 Å². The zero-order valence-corrected chi connectivity index (χ0v) is 10.4. The van der Waals surface area contributed by atoms with Gasteiger partial charge in [-0.25, -0.2) is 0 Å². The number of hydrogen-bond donors (Lipinski definition) is 2. The Hall–Kier alpha value is -0.570. The summed E-state index contributed by atoms with van der Waals surface area (Å²) in [7, 11) is 0. The van der Waals surface area contributed by atoms with E-state index in [9.17, 15) is 9.90 Å². The van der Waals surface area contributed by atoms with Gasteiger partial charge in [-0.1, -0.05) is 27.7 Å². The van der Waals surface area contributed by atoms with E-state index in [0.29, 0.717) is 12.5 Å². The van der Waals surface area contributed by atoms with Gasteiger partial charge in [-0.3, -0.25) is 4.79 Å². The van der Waals surface area contributed by atoms with Gasteiger partial charge in [0.1, 0.15) is 0 Å². The van der Waals surface area contributed by atoms with Crippen LogP contribution >= 0.6 is 0 Å². The molecule has 2 atom stereocenters. The van der Waals surface area contributed by atoms with E-state index in [1.165, 1.54) is 0 Å². The van der Waals surface area contributed by atoms with Crippen molar-refractivity contribution in [3.63, 3.8) is 0 Å². The highest BCUT2D eigenvalue weighted by Gasteiger charge is 2.12. The molecule has 0 radical (unpaired) electrons. The molecule has 0 rings (SSSR count). The number of carbonyl (C=O) groups excluding carboxylic acids is 1. The molecule has 0 spiro atoms. The van der Waals surface area contributed by atoms with E-state index in [1.54, 1.807) is 0 Å². The molecular formula is C12H25NO2. The molecule has 0 saturated heterocycles. The number of aliphatic hydroxyl groups excluding tert-OH is 1. The van der Waals surface area contributed by atoms with Crippen LogP contribution in [0.15, 0.2) is 0 Å². The van der Waals surface area contributed by atoms with Crippen LogP contribution in [-0.2, 0) is 4.79 Å². The van der Waals surface area contributed by atoms with Crippen molar-refractivity contribution >= 4 is 5.91 Å². The molecule has 0 aromatic rings. The second kappa shape index (κ2) is 7.69. The third-order valence-corrected chi connectivity index (χ3v) is 2.65. The molecule has 1 amide bonds. The molecule has 1 unspecified atom stereocenters. The van der Waals surface area contributed by atoms with Crippen LogP contribution in [0.2, 0.25) is 0 Å². The van der Waals surface area contributed by atoms with E-state index >= 15 is 0 Å². The Morgan fingerprint density at radius 2 is 1.87 bits per heavy atom. The number of hydrogen-bond acceptors (Lipinski definition) is 2. The summed E-state index contributed by atoms with van der Waals surface area (Å²) in [5, 5.41) is 12.4. The van der Waals surface area contributed by atoms with E-state index in [-0.39, 0.29) is 11.8 Å². The normalized spacial score (nSPS) is 15.1. The fourth-order valence-corrected chi connectivity index (χ4v) is 1.21. The molecule has 0 aliphatic rings. The highest BCUT2D eigenvalue weighted by atomic mass is 16.3. The van der Waals surface area contributed by atoms with Crippen LogP contribution in [0.5, 0.6) is 0 Å². The Morgan fingerprint density at radius 1 is 1.27 bits per heavy atom. The van der Waals surface area contributed by atoms with Crippen LogP contribution in [0.4, 0.5) is 0 Å². The third kappa shape index (κ3) is 7.37. The van der Waals surface area contributed by atoms with Gasteiger partial charge in [0.2, 0.25) is 5.91 Å². The number of nitrogens with one attached hydrogen (secondary N) is 1. The van der Waals surface area contributed by atoms with Crippen LogP contribution in [0.1, 0.15) is 47.0 Å². The lowest BCUT2D eigenvalue weighted by Crippen LogP contribution is -2.35. The molecule has 90 valence electrons. The first kappa shape index (κ1) is 14.4. The van der Waals surface area contributed by atoms with E-state index in [4.69, 9.17) is 0 Å². The van der Waals surface area contributed by atoms with Gasteiger partial charge in [0, 0.05) is 12.5 Å². The van der Waals surface area contributed by atoms with Gasteiger partial charge in [0.25, 0.3) is 0 Å². The van der Waals surface area contributed by atoms with Gasteiger partial charge in [-0.05, 0) is 25.2 Å². The standard InChI is InChI=1S/C12H25NO2/c1-5-10(4)12(15)13-8-11(14)7-6-9(2)3/h9-11,14H,5-8H2,1-4H3,(H,13,15)/t10-,11?/m0/s1. The lowest BCUT2D eigenvalue weighted by molar-refractivity contribution is -0.125. The minimum atomic E-state index is -0.402. The first-order valence-electron chi connectivity index (χ1n) is 5.93. The molecule has 0 heterocycles. The molecule has 0 aromatic carbocycles. The summed E-state index contributed by atoms with van der Waals surface area (Å²) in [5.74, 6) is 0.688. The summed E-state index contributed by atoms with van der Waals surface area (Å²) in [4.78, 5) is 11.4. The van der Waals surface area contributed by atoms with Gasteiger partial charge in [-0.15, -0.1) is 0 Å². The highest BCUT2D eigenvalue weighted by molar-refractivity contribution is 5.78. The van der Waals surface area contributed by atoms with Crippen LogP contribution in [0, 0.1) is 11.8 Å². The average Bonchev–Trinajstić information content (AvgIpc) is 2.21. The summed E-state index contributed by atoms with van der Waals surface area (Å²) >= 11 is 0. The monoisotopic (exact) mass is 215 g/mol. The first-order valence-corrected chi connectivity index (χ1v) is 5.93. The van der Waals surface area contributed by atoms with E-state index in [0.717, 1.165) is 19.3 Å². The van der Waals surface area contributed by atoms with E-state index in [1.807, 2.05) is 13.8 Å². The van der Waals surface area contributed by atoms with Gasteiger partial charge in [0.15, 0.2) is 0 Å². The SMILES string of the molecule is CC[C@H](C)C(=O)NCC(O)CCC(C)C. The molecule has 3 nitrogen and oxygen atoms in total. The molecule has 0 saturated carbocycles. The number of aliphatic hydroxyl groups is 1. The molecule has 0 aliphatic carbocycles. The zero-order chi connectivity index (χ0) is 11.8. The maximum atomic E-state index is 11.4. The summed E-state index contributed by atoms with van der Waals surface area (Å²) in [6.07, 6.45) is 2.20. The minimum Gasteiger partial charge on any atom is -0.391 e. The fourth-order valence-electron chi connectivity index (χ4n) is 1.21. The predicted octanol–water partition coefficient (Wildman–Crippen LogP) is 1.95. The Balaban J connectivity index is 3.61. The zero-order valence-electron chi connectivity index (χ0n) is 10.4. The fraction of sp³-hybridized carbons (Fsp3) is 0.917. The van der Waals surface area contributed by atoms with Crippen molar-refractivity contribution in [2.24, 2.45) is 11.8 Å². The molecule has 0 bridgehead atoms. The Bertz CT molecular complexity index is 180. The van der Waals surface area contributed by atoms with Crippen molar-refractivity contribution in [2.75, 3.05) is 6.54 Å². The van der Waals surface area contributed by atoms with Crippen LogP contribution in [0.25, 0.3) is 0 Å². The summed E-state index contributed by atoms with van der Waals surface area (Å²) in [6.45, 7) is 8.53. The van der Waals surface area contributed by atoms with Crippen LogP contribution < -0.4 is 5.32 Å². The molecule has 2 N–H and O–H groups in total. The lowest BCUT2D eigenvalue weighted by Gasteiger charge is -2.15. The van der Waals surface area contributed by atoms with Crippen molar-refractivity contribution in [2.45, 2.75) is 53.1 Å². The van der Waals surface area contributed by atoms with E-state index in [2.05, 4.69) is 19.2 Å². The number of rotatable bonds is 7. The van der Waals surface area contributed by atoms with Gasteiger partial charge in [-0.2, -0.15) is 0 Å². The molecule has 15 heavy (non-hydrogen) atoms. The van der Waals surface area contributed by atoms with Crippen molar-refractivity contribution in [3.8, 4) is 0 Å². The van der Waals surface area contributed by atoms with Crippen molar-refractivity contribution in [1.29, 1.82) is 0 Å². The maximum Gasteiger partial charge on any atom is 0.222 e. The highest BCUT2D eigenvalue weighted by Crippen LogP contribution is 2.06. The maximum absolute atomic E-state index is 11.4. The molecule has 0 fully saturated rings. The first-order chi connectivity index (χ1) is 6.97. The Morgan fingerprint density at radius 3 is 2.33 bits per heavy atom. The summed E-state index contributed by atoms with van der Waals surface area (Å²) in [5.41, 5.74) is 0. The quantitative estimate of drug-likeness (QED) is 0.682. The predicted molar refractivity (Wildman–Crippen MR) is 62.5 cm³/mol. The second-order valence-electron chi connectivity index (χ2n) is 4.68. The smallest absolute Gasteiger partial charge is 0.222 e. The Kier molecular flexibility index (Phi) is 7.39. The number of amides is 1. The minimum absolute atomic E-state index is 0.0427. The van der Waals surface area contributed by atoms with E-state index < -0.39 is 6.10 Å². The van der Waals surface area contributed by atoms with Crippen molar-refractivity contribution in [1.82, 2.24) is 5.32 Å². The van der Waals surface area contributed by atoms with Crippen LogP contribution in [-0.4, -0.2) is 23.7 Å². The molecular weight excluding hydrogens is 190 g/mol. The second-order valence-corrected chi connectivity index (χ2v) is 4.68. The van der Waals surface area contributed by atoms with Crippen molar-refractivity contribution < 1.29 is 9.90 Å². The molecule has 0 aromatic heterocycles. The van der Waals surface area contributed by atoms with Gasteiger partial charge in [0.05, 0.1) is 6.10 Å². The largest absolute Gasteiger partial charge is 0.391 e. The summed E-state index contributed by atoms with van der Waals surface area (Å²) in [6, 6.07) is 0. The summed E-state index contributed by atoms with van der Waals surface area (Å²) < 4.78 is 0. The number of carbonyl (C=O) groups is 1. The topological polar surface area (TPSA) is 49.3 Å².